The molecule has 3 unspecified atom stereocenters. The Morgan fingerprint density at radius 3 is 2.45 bits per heavy atom. The lowest BCUT2D eigenvalue weighted by Gasteiger charge is -2.33. The molecule has 1 aromatic heterocycles. The van der Waals surface area contributed by atoms with Gasteiger partial charge >= 0.3 is 0 Å². The summed E-state index contributed by atoms with van der Waals surface area (Å²) in [6, 6.07) is 10.8. The van der Waals surface area contributed by atoms with Gasteiger partial charge in [0.15, 0.2) is 0 Å². The van der Waals surface area contributed by atoms with Crippen LogP contribution in [-0.2, 0) is 6.42 Å². The molecule has 3 nitrogen and oxygen atoms in total. The molecule has 0 aliphatic rings. The summed E-state index contributed by atoms with van der Waals surface area (Å²) in [6.07, 6.45) is 10.2. The first-order chi connectivity index (χ1) is 16.0. The summed E-state index contributed by atoms with van der Waals surface area (Å²) in [5.74, 6) is 0.841. The molecule has 0 fully saturated rings. The number of benzene rings is 1. The first-order valence-electron chi connectivity index (χ1n) is 12.8. The molecular weight excluding hydrogens is 422 g/mol. The van der Waals surface area contributed by atoms with Crippen LogP contribution in [0, 0.1) is 11.8 Å². The molecule has 0 saturated heterocycles. The predicted molar refractivity (Wildman–Crippen MR) is 145 cm³/mol. The molecule has 33 heavy (non-hydrogen) atoms. The molecule has 0 spiro atoms. The maximum Gasteiger partial charge on any atom is 0.115 e. The van der Waals surface area contributed by atoms with Crippen LogP contribution in [-0.4, -0.2) is 23.0 Å². The van der Waals surface area contributed by atoms with E-state index in [1.165, 1.54) is 36.9 Å². The molecule has 2 rings (SSSR count). The molecule has 0 radical (unpaired) electrons. The van der Waals surface area contributed by atoms with E-state index in [0.717, 1.165) is 43.1 Å². The lowest BCUT2D eigenvalue weighted by Crippen LogP contribution is -2.34. The highest BCUT2D eigenvalue weighted by Gasteiger charge is 2.23. The summed E-state index contributed by atoms with van der Waals surface area (Å²) < 4.78 is 0. The molecule has 1 N–H and O–H groups in total. The summed E-state index contributed by atoms with van der Waals surface area (Å²) in [7, 11) is 0. The normalized spacial score (nSPS) is 13.8. The van der Waals surface area contributed by atoms with Gasteiger partial charge in [0.05, 0.1) is 6.04 Å². The second kappa shape index (κ2) is 15.0. The number of thiazole rings is 1. The Morgan fingerprint density at radius 2 is 1.82 bits per heavy atom. The minimum atomic E-state index is 0.148. The fourth-order valence-electron chi connectivity index (χ4n) is 4.22. The molecule has 0 bridgehead atoms. The summed E-state index contributed by atoms with van der Waals surface area (Å²) in [5.41, 5.74) is 3.71. The van der Waals surface area contributed by atoms with Gasteiger partial charge in [-0.1, -0.05) is 90.4 Å². The van der Waals surface area contributed by atoms with Gasteiger partial charge in [-0.15, -0.1) is 11.3 Å². The van der Waals surface area contributed by atoms with Crippen LogP contribution in [0.4, 0.5) is 0 Å². The Bertz CT molecular complexity index is 800. The second-order valence-electron chi connectivity index (χ2n) is 9.37. The lowest BCUT2D eigenvalue weighted by molar-refractivity contribution is 0.251. The summed E-state index contributed by atoms with van der Waals surface area (Å²) in [6.45, 7) is 20.2. The van der Waals surface area contributed by atoms with Crippen LogP contribution in [0.2, 0.25) is 0 Å². The summed E-state index contributed by atoms with van der Waals surface area (Å²) in [4.78, 5) is 7.12. The van der Waals surface area contributed by atoms with Gasteiger partial charge in [0.2, 0.25) is 0 Å². The average molecular weight is 468 g/mol. The molecule has 0 aliphatic heterocycles. The van der Waals surface area contributed by atoms with Crippen molar-refractivity contribution >= 4 is 11.3 Å². The molecule has 0 saturated carbocycles. The van der Waals surface area contributed by atoms with Gasteiger partial charge in [0.1, 0.15) is 5.01 Å². The van der Waals surface area contributed by atoms with Gasteiger partial charge in [-0.3, -0.25) is 0 Å². The monoisotopic (exact) mass is 467 g/mol. The van der Waals surface area contributed by atoms with E-state index in [2.05, 4.69) is 91.8 Å². The maximum atomic E-state index is 4.60. The second-order valence-corrected chi connectivity index (χ2v) is 10.3. The first-order valence-corrected chi connectivity index (χ1v) is 13.7. The SMILES string of the molecule is C=C(NC(Cc1ccccc1)c1nccs1)C(C)C(C)CN(CCC)C(=C)CCCCCC. The van der Waals surface area contributed by atoms with Crippen LogP contribution in [0.3, 0.4) is 0 Å². The highest BCUT2D eigenvalue weighted by Crippen LogP contribution is 2.27. The smallest absolute Gasteiger partial charge is 0.115 e. The molecule has 2 aromatic rings. The van der Waals surface area contributed by atoms with Crippen molar-refractivity contribution in [2.45, 2.75) is 78.7 Å². The van der Waals surface area contributed by atoms with Crippen LogP contribution >= 0.6 is 11.3 Å². The van der Waals surface area contributed by atoms with Crippen molar-refractivity contribution in [3.8, 4) is 0 Å². The number of allylic oxidation sites excluding steroid dienone is 2. The topological polar surface area (TPSA) is 28.2 Å². The number of hydrogen-bond acceptors (Lipinski definition) is 4. The highest BCUT2D eigenvalue weighted by molar-refractivity contribution is 7.09. The van der Waals surface area contributed by atoms with E-state index >= 15 is 0 Å². The van der Waals surface area contributed by atoms with Gasteiger partial charge in [-0.25, -0.2) is 4.98 Å². The molecule has 4 heteroatoms. The third-order valence-corrected chi connectivity index (χ3v) is 7.45. The van der Waals surface area contributed by atoms with Crippen molar-refractivity contribution in [1.82, 2.24) is 15.2 Å². The number of nitrogens with one attached hydrogen (secondary N) is 1. The van der Waals surface area contributed by atoms with Crippen molar-refractivity contribution < 1.29 is 0 Å². The Labute approximate surface area is 207 Å². The summed E-state index contributed by atoms with van der Waals surface area (Å²) >= 11 is 1.71. The summed E-state index contributed by atoms with van der Waals surface area (Å²) in [5, 5.41) is 6.92. The molecule has 0 aliphatic carbocycles. The highest BCUT2D eigenvalue weighted by atomic mass is 32.1. The number of unbranched alkanes of at least 4 members (excludes halogenated alkanes) is 3. The maximum absolute atomic E-state index is 4.60. The first kappa shape index (κ1) is 27.2. The van der Waals surface area contributed by atoms with E-state index in [4.69, 9.17) is 0 Å². The zero-order valence-electron chi connectivity index (χ0n) is 21.4. The largest absolute Gasteiger partial charge is 0.379 e. The van der Waals surface area contributed by atoms with E-state index in [9.17, 15) is 0 Å². The Balaban J connectivity index is 1.97. The molecule has 3 atom stereocenters. The molecule has 0 amide bonds. The lowest BCUT2D eigenvalue weighted by atomic mass is 9.91. The van der Waals surface area contributed by atoms with Crippen LogP contribution < -0.4 is 5.32 Å². The van der Waals surface area contributed by atoms with E-state index in [0.29, 0.717) is 11.8 Å². The van der Waals surface area contributed by atoms with Crippen molar-refractivity contribution in [2.24, 2.45) is 11.8 Å². The molecular formula is C29H45N3S. The van der Waals surface area contributed by atoms with Crippen LogP contribution in [0.1, 0.15) is 82.8 Å². The Kier molecular flexibility index (Phi) is 12.3. The van der Waals surface area contributed by atoms with Crippen LogP contribution in [0.15, 0.2) is 66.5 Å². The standard InChI is InChI=1S/C29H45N3S/c1-7-9-10-12-15-24(4)32(19-8-2)22-23(3)25(5)26(6)31-28(29-30-18-20-33-29)21-27-16-13-11-14-17-27/h11,13-14,16-18,20,23,25,28,31H,4,6-10,12,15,19,21-22H2,1-3,5H3. The zero-order chi connectivity index (χ0) is 24.1. The van der Waals surface area contributed by atoms with E-state index in [1.54, 1.807) is 11.3 Å². The third-order valence-electron chi connectivity index (χ3n) is 6.56. The van der Waals surface area contributed by atoms with Crippen LogP contribution in [0.5, 0.6) is 0 Å². The number of nitrogens with zero attached hydrogens (tertiary/aromatic N) is 2. The molecule has 1 aromatic carbocycles. The fraction of sp³-hybridized carbons (Fsp3) is 0.552. The predicted octanol–water partition coefficient (Wildman–Crippen LogP) is 8.00. The van der Waals surface area contributed by atoms with Crippen molar-refractivity contribution in [3.63, 3.8) is 0 Å². The minimum absolute atomic E-state index is 0.148. The number of hydrogen-bond donors (Lipinski definition) is 1. The molecule has 182 valence electrons. The Hall–Kier alpha value is -2.07. The molecule has 1 heterocycles. The van der Waals surface area contributed by atoms with E-state index < -0.39 is 0 Å². The van der Waals surface area contributed by atoms with Gasteiger partial charge in [-0.05, 0) is 43.1 Å². The Morgan fingerprint density at radius 1 is 1.06 bits per heavy atom. The number of rotatable bonds is 17. The van der Waals surface area contributed by atoms with E-state index in [-0.39, 0.29) is 6.04 Å². The quantitative estimate of drug-likeness (QED) is 0.239. The van der Waals surface area contributed by atoms with E-state index in [1.807, 2.05) is 6.20 Å². The average Bonchev–Trinajstić information content (AvgIpc) is 3.36. The van der Waals surface area contributed by atoms with Gasteiger partial charge in [-0.2, -0.15) is 0 Å². The zero-order valence-corrected chi connectivity index (χ0v) is 22.2. The van der Waals surface area contributed by atoms with Crippen LogP contribution in [0.25, 0.3) is 0 Å². The third kappa shape index (κ3) is 9.37. The fourth-order valence-corrected chi connectivity index (χ4v) is 4.91. The van der Waals surface area contributed by atoms with Crippen molar-refractivity contribution in [3.05, 3.63) is 77.0 Å². The number of aromatic nitrogens is 1. The van der Waals surface area contributed by atoms with Crippen molar-refractivity contribution in [1.29, 1.82) is 0 Å². The van der Waals surface area contributed by atoms with Crippen molar-refractivity contribution in [2.75, 3.05) is 13.1 Å². The van der Waals surface area contributed by atoms with Gasteiger partial charge in [0, 0.05) is 36.1 Å². The van der Waals surface area contributed by atoms with Gasteiger partial charge < -0.3 is 10.2 Å². The van der Waals surface area contributed by atoms with Gasteiger partial charge in [0.25, 0.3) is 0 Å². The minimum Gasteiger partial charge on any atom is -0.379 e.